The first-order valence-electron chi connectivity index (χ1n) is 13.9. The van der Waals surface area contributed by atoms with Gasteiger partial charge in [-0.1, -0.05) is 13.8 Å². The second-order valence-corrected chi connectivity index (χ2v) is 11.5. The number of hydrogen-bond donors (Lipinski definition) is 5. The van der Waals surface area contributed by atoms with Crippen LogP contribution in [0.4, 0.5) is 5.69 Å². The zero-order chi connectivity index (χ0) is 31.9. The van der Waals surface area contributed by atoms with E-state index in [-0.39, 0.29) is 40.3 Å². The molecule has 0 atom stereocenters. The van der Waals surface area contributed by atoms with Crippen LogP contribution in [0.3, 0.4) is 0 Å². The SMILES string of the molecule is CCCn1c(=O)c2[nH]c(-c3ccc(OCC(=O)NCCNC(=S)Nc4ccc(S(=O)(=O)O)cc4)cc3)nc2n(CCC)c1=O. The number of ether oxygens (including phenoxy) is 1. The van der Waals surface area contributed by atoms with Crippen LogP contribution in [-0.4, -0.2) is 62.8 Å². The van der Waals surface area contributed by atoms with E-state index in [1.54, 1.807) is 24.3 Å². The van der Waals surface area contributed by atoms with Gasteiger partial charge in [0.2, 0.25) is 0 Å². The lowest BCUT2D eigenvalue weighted by atomic mass is 10.2. The zero-order valence-electron chi connectivity index (χ0n) is 24.1. The minimum atomic E-state index is -4.27. The summed E-state index contributed by atoms with van der Waals surface area (Å²) in [6.07, 6.45) is 1.36. The van der Waals surface area contributed by atoms with Gasteiger partial charge in [0.15, 0.2) is 17.4 Å². The van der Waals surface area contributed by atoms with Crippen molar-refractivity contribution < 1.29 is 22.5 Å². The topological polar surface area (TPSA) is 189 Å². The lowest BCUT2D eigenvalue weighted by molar-refractivity contribution is -0.123. The van der Waals surface area contributed by atoms with Gasteiger partial charge in [0.05, 0.1) is 4.90 Å². The molecule has 2 heterocycles. The summed E-state index contributed by atoms with van der Waals surface area (Å²) < 4.78 is 39.6. The molecule has 0 saturated heterocycles. The van der Waals surface area contributed by atoms with Crippen molar-refractivity contribution in [2.24, 2.45) is 0 Å². The highest BCUT2D eigenvalue weighted by atomic mass is 32.2. The van der Waals surface area contributed by atoms with Gasteiger partial charge >= 0.3 is 5.69 Å². The van der Waals surface area contributed by atoms with E-state index in [1.165, 1.54) is 33.4 Å². The molecule has 0 aliphatic heterocycles. The molecule has 5 N–H and O–H groups in total. The zero-order valence-corrected chi connectivity index (χ0v) is 25.8. The fourth-order valence-corrected chi connectivity index (χ4v) is 5.02. The maximum absolute atomic E-state index is 13.0. The summed E-state index contributed by atoms with van der Waals surface area (Å²) in [5, 5.41) is 8.75. The molecule has 2 aromatic carbocycles. The fourth-order valence-electron chi connectivity index (χ4n) is 4.32. The van der Waals surface area contributed by atoms with Gasteiger partial charge in [-0.05, 0) is 73.6 Å². The van der Waals surface area contributed by atoms with Gasteiger partial charge in [-0.3, -0.25) is 23.3 Å². The van der Waals surface area contributed by atoms with Crippen molar-refractivity contribution in [2.45, 2.75) is 44.7 Å². The average Bonchev–Trinajstić information content (AvgIpc) is 3.44. The van der Waals surface area contributed by atoms with Gasteiger partial charge in [-0.2, -0.15) is 8.42 Å². The van der Waals surface area contributed by atoms with Crippen LogP contribution < -0.4 is 31.9 Å². The first-order chi connectivity index (χ1) is 21.0. The normalized spacial score (nSPS) is 11.3. The Morgan fingerprint density at radius 2 is 1.61 bits per heavy atom. The standard InChI is InChI=1S/C28H33N7O7S2/c1-3-15-34-25-23(26(37)35(16-4-2)28(34)38)32-24(33-25)18-5-9-20(10-6-18)42-17-22(36)29-13-14-30-27(43)31-19-7-11-21(12-8-19)44(39,40)41/h5-12H,3-4,13-17H2,1-2H3,(H,29,36)(H,32,33)(H2,30,31,43)(H,39,40,41). The number of H-pyrrole nitrogens is 1. The monoisotopic (exact) mass is 643 g/mol. The van der Waals surface area contributed by atoms with Crippen LogP contribution >= 0.6 is 12.2 Å². The highest BCUT2D eigenvalue weighted by molar-refractivity contribution is 7.85. The smallest absolute Gasteiger partial charge is 0.332 e. The maximum Gasteiger partial charge on any atom is 0.332 e. The van der Waals surface area contributed by atoms with E-state index in [4.69, 9.17) is 21.5 Å². The number of amides is 1. The molecule has 14 nitrogen and oxygen atoms in total. The number of aromatic amines is 1. The predicted molar refractivity (Wildman–Crippen MR) is 170 cm³/mol. The molecule has 44 heavy (non-hydrogen) atoms. The van der Waals surface area contributed by atoms with Crippen molar-refractivity contribution in [1.82, 2.24) is 29.7 Å². The Labute approximate surface area is 258 Å². The van der Waals surface area contributed by atoms with E-state index < -0.39 is 15.7 Å². The number of aromatic nitrogens is 4. The molecule has 4 aromatic rings. The van der Waals surface area contributed by atoms with Crippen molar-refractivity contribution >= 4 is 50.2 Å². The summed E-state index contributed by atoms with van der Waals surface area (Å²) >= 11 is 5.18. The molecule has 0 spiro atoms. The number of aryl methyl sites for hydroxylation is 1. The summed E-state index contributed by atoms with van der Waals surface area (Å²) in [6, 6.07) is 12.2. The third kappa shape index (κ3) is 7.89. The highest BCUT2D eigenvalue weighted by Gasteiger charge is 2.17. The van der Waals surface area contributed by atoms with Crippen molar-refractivity contribution in [1.29, 1.82) is 0 Å². The van der Waals surface area contributed by atoms with Gasteiger partial charge in [-0.15, -0.1) is 0 Å². The van der Waals surface area contributed by atoms with E-state index in [2.05, 4.69) is 25.9 Å². The number of carbonyl (C=O) groups is 1. The van der Waals surface area contributed by atoms with Gasteiger partial charge in [-0.25, -0.2) is 9.78 Å². The molecular formula is C28H33N7O7S2. The minimum absolute atomic E-state index is 0.215. The van der Waals surface area contributed by atoms with Crippen LogP contribution in [0.25, 0.3) is 22.6 Å². The number of nitrogens with one attached hydrogen (secondary N) is 4. The maximum atomic E-state index is 13.0. The molecule has 0 saturated carbocycles. The first-order valence-corrected chi connectivity index (χ1v) is 15.7. The molecule has 0 aliphatic carbocycles. The molecule has 16 heteroatoms. The summed E-state index contributed by atoms with van der Waals surface area (Å²) in [5.41, 5.74) is 1.03. The lowest BCUT2D eigenvalue weighted by Crippen LogP contribution is -2.40. The molecule has 0 bridgehead atoms. The molecule has 1 amide bonds. The molecule has 4 rings (SSSR count). The van der Waals surface area contributed by atoms with Crippen LogP contribution in [0, 0.1) is 0 Å². The van der Waals surface area contributed by atoms with Crippen LogP contribution in [0.15, 0.2) is 63.0 Å². The number of benzene rings is 2. The van der Waals surface area contributed by atoms with E-state index in [9.17, 15) is 22.8 Å². The Kier molecular flexibility index (Phi) is 10.5. The predicted octanol–water partition coefficient (Wildman–Crippen LogP) is 2.10. The third-order valence-electron chi connectivity index (χ3n) is 6.40. The summed E-state index contributed by atoms with van der Waals surface area (Å²) in [7, 11) is -4.27. The van der Waals surface area contributed by atoms with Gasteiger partial charge < -0.3 is 25.7 Å². The van der Waals surface area contributed by atoms with E-state index in [0.717, 1.165) is 0 Å². The molecular weight excluding hydrogens is 610 g/mol. The summed E-state index contributed by atoms with van der Waals surface area (Å²) in [4.78, 5) is 45.5. The van der Waals surface area contributed by atoms with E-state index in [0.29, 0.717) is 60.9 Å². The van der Waals surface area contributed by atoms with Crippen LogP contribution in [-0.2, 0) is 28.0 Å². The molecule has 0 unspecified atom stereocenters. The van der Waals surface area contributed by atoms with E-state index in [1.807, 2.05) is 13.8 Å². The minimum Gasteiger partial charge on any atom is -0.484 e. The van der Waals surface area contributed by atoms with Crippen molar-refractivity contribution in [3.05, 3.63) is 69.4 Å². The lowest BCUT2D eigenvalue weighted by Gasteiger charge is -2.12. The summed E-state index contributed by atoms with van der Waals surface area (Å²) in [6.45, 7) is 4.99. The van der Waals surface area contributed by atoms with Crippen LogP contribution in [0.5, 0.6) is 5.75 Å². The van der Waals surface area contributed by atoms with Gasteiger partial charge in [0.1, 0.15) is 17.1 Å². The van der Waals surface area contributed by atoms with Gasteiger partial charge in [0, 0.05) is 37.4 Å². The Morgan fingerprint density at radius 3 is 2.25 bits per heavy atom. The van der Waals surface area contributed by atoms with Gasteiger partial charge in [0.25, 0.3) is 21.6 Å². The van der Waals surface area contributed by atoms with Crippen molar-refractivity contribution in [3.8, 4) is 17.1 Å². The number of thiocarbonyl (C=S) groups is 1. The number of hydrogen-bond acceptors (Lipinski definition) is 8. The summed E-state index contributed by atoms with van der Waals surface area (Å²) in [5.74, 6) is 0.553. The van der Waals surface area contributed by atoms with Crippen molar-refractivity contribution in [2.75, 3.05) is 25.0 Å². The average molecular weight is 644 g/mol. The largest absolute Gasteiger partial charge is 0.484 e. The molecule has 0 fully saturated rings. The third-order valence-corrected chi connectivity index (χ3v) is 7.51. The van der Waals surface area contributed by atoms with E-state index >= 15 is 0 Å². The Bertz CT molecular complexity index is 1860. The highest BCUT2D eigenvalue weighted by Crippen LogP contribution is 2.22. The second-order valence-electron chi connectivity index (χ2n) is 9.72. The molecule has 0 radical (unpaired) electrons. The van der Waals surface area contributed by atoms with Crippen LogP contribution in [0.1, 0.15) is 26.7 Å². The molecule has 0 aliphatic rings. The number of rotatable bonds is 13. The van der Waals surface area contributed by atoms with Crippen LogP contribution in [0.2, 0.25) is 0 Å². The Morgan fingerprint density at radius 1 is 0.977 bits per heavy atom. The quantitative estimate of drug-likeness (QED) is 0.0815. The Hall–Kier alpha value is -4.54. The second kappa shape index (κ2) is 14.3. The first kappa shape index (κ1) is 32.4. The number of anilines is 1. The number of carbonyl (C=O) groups excluding carboxylic acids is 1. The Balaban J connectivity index is 1.27. The number of fused-ring (bicyclic) bond motifs is 1. The number of nitrogens with zero attached hydrogens (tertiary/aromatic N) is 3. The molecule has 2 aromatic heterocycles. The fraction of sp³-hybridized carbons (Fsp3) is 0.321. The molecule has 234 valence electrons. The number of imidazole rings is 1. The van der Waals surface area contributed by atoms with Crippen molar-refractivity contribution in [3.63, 3.8) is 0 Å².